The number of allylic oxidation sites excluding steroid dienone is 1. The summed E-state index contributed by atoms with van der Waals surface area (Å²) in [6.45, 7) is 4.21. The van der Waals surface area contributed by atoms with Crippen molar-refractivity contribution in [2.75, 3.05) is 7.05 Å². The van der Waals surface area contributed by atoms with Crippen LogP contribution in [0.15, 0.2) is 11.1 Å². The number of hydrogen-bond acceptors (Lipinski definition) is 2. The Morgan fingerprint density at radius 2 is 2.12 bits per heavy atom. The summed E-state index contributed by atoms with van der Waals surface area (Å²) in [5.41, 5.74) is 0. The minimum Gasteiger partial charge on any atom is -0.393 e. The fourth-order valence-electron chi connectivity index (χ4n) is 0.315. The van der Waals surface area contributed by atoms with E-state index in [1.54, 1.807) is 0 Å². The Labute approximate surface area is 56.6 Å². The highest BCUT2D eigenvalue weighted by Crippen LogP contribution is 2.10. The van der Waals surface area contributed by atoms with Crippen molar-refractivity contribution in [2.24, 2.45) is 5.92 Å². The molecule has 48 valence electrons. The maximum atomic E-state index is 4.20. The zero-order valence-electron chi connectivity index (χ0n) is 5.60. The van der Waals surface area contributed by atoms with Crippen LogP contribution in [0.3, 0.4) is 0 Å². The van der Waals surface area contributed by atoms with Gasteiger partial charge in [0, 0.05) is 13.2 Å². The molecular weight excluding hydrogens is 118 g/mol. The molecule has 0 fully saturated rings. The molecule has 0 aliphatic carbocycles. The van der Waals surface area contributed by atoms with E-state index in [1.807, 2.05) is 13.2 Å². The van der Waals surface area contributed by atoms with E-state index in [0.29, 0.717) is 5.92 Å². The van der Waals surface area contributed by atoms with Crippen LogP contribution in [0.1, 0.15) is 13.8 Å². The summed E-state index contributed by atoms with van der Waals surface area (Å²) in [6, 6.07) is 0. The summed E-state index contributed by atoms with van der Waals surface area (Å²) in [4.78, 5) is 1.09. The lowest BCUT2D eigenvalue weighted by Gasteiger charge is -2.01. The van der Waals surface area contributed by atoms with E-state index in [0.717, 1.165) is 4.91 Å². The number of hydrogen-bond donors (Lipinski definition) is 2. The zero-order chi connectivity index (χ0) is 6.57. The standard InChI is InChI=1S/C6H13NS/c1-5(2)6(8)4-7-3/h4-5,7-8H,1-3H3/b6-4-. The Morgan fingerprint density at radius 3 is 2.25 bits per heavy atom. The molecule has 0 rings (SSSR count). The number of thiol groups is 1. The van der Waals surface area contributed by atoms with Crippen molar-refractivity contribution < 1.29 is 0 Å². The van der Waals surface area contributed by atoms with Gasteiger partial charge in [-0.3, -0.25) is 0 Å². The lowest BCUT2D eigenvalue weighted by Crippen LogP contribution is -1.96. The van der Waals surface area contributed by atoms with Crippen molar-refractivity contribution in [3.8, 4) is 0 Å². The van der Waals surface area contributed by atoms with Gasteiger partial charge < -0.3 is 5.32 Å². The van der Waals surface area contributed by atoms with E-state index in [9.17, 15) is 0 Å². The molecule has 0 saturated heterocycles. The highest BCUT2D eigenvalue weighted by molar-refractivity contribution is 7.84. The van der Waals surface area contributed by atoms with E-state index in [-0.39, 0.29) is 0 Å². The quantitative estimate of drug-likeness (QED) is 0.543. The maximum absolute atomic E-state index is 4.20. The van der Waals surface area contributed by atoms with Gasteiger partial charge in [-0.1, -0.05) is 13.8 Å². The minimum absolute atomic E-state index is 0.533. The molecule has 0 aromatic heterocycles. The van der Waals surface area contributed by atoms with E-state index in [2.05, 4.69) is 31.8 Å². The van der Waals surface area contributed by atoms with Gasteiger partial charge in [-0.15, -0.1) is 12.6 Å². The van der Waals surface area contributed by atoms with E-state index in [1.165, 1.54) is 0 Å². The topological polar surface area (TPSA) is 12.0 Å². The van der Waals surface area contributed by atoms with Gasteiger partial charge in [-0.2, -0.15) is 0 Å². The molecule has 0 radical (unpaired) electrons. The van der Waals surface area contributed by atoms with Crippen LogP contribution in [0.5, 0.6) is 0 Å². The van der Waals surface area contributed by atoms with Crippen LogP contribution in [0, 0.1) is 5.92 Å². The molecule has 1 N–H and O–H groups in total. The van der Waals surface area contributed by atoms with E-state index in [4.69, 9.17) is 0 Å². The van der Waals surface area contributed by atoms with Crippen LogP contribution in [0.2, 0.25) is 0 Å². The Morgan fingerprint density at radius 1 is 1.62 bits per heavy atom. The first-order valence-corrected chi connectivity index (χ1v) is 3.19. The second kappa shape index (κ2) is 3.84. The molecule has 0 aromatic rings. The summed E-state index contributed by atoms with van der Waals surface area (Å²) in [7, 11) is 1.87. The zero-order valence-corrected chi connectivity index (χ0v) is 6.50. The molecular formula is C6H13NS. The van der Waals surface area contributed by atoms with Gasteiger partial charge >= 0.3 is 0 Å². The monoisotopic (exact) mass is 131 g/mol. The predicted octanol–water partition coefficient (Wildman–Crippen LogP) is 1.63. The third-order valence-corrected chi connectivity index (χ3v) is 1.53. The molecule has 1 nitrogen and oxygen atoms in total. The molecule has 0 aliphatic heterocycles. The fourth-order valence-corrected chi connectivity index (χ4v) is 0.444. The summed E-state index contributed by atoms with van der Waals surface area (Å²) in [6.07, 6.45) is 1.90. The summed E-state index contributed by atoms with van der Waals surface area (Å²) in [5, 5.41) is 2.91. The normalized spacial score (nSPS) is 12.4. The molecule has 0 spiro atoms. The summed E-state index contributed by atoms with van der Waals surface area (Å²) < 4.78 is 0. The Bertz CT molecular complexity index is 86.5. The molecule has 0 saturated carbocycles. The van der Waals surface area contributed by atoms with Crippen molar-refractivity contribution >= 4 is 12.6 Å². The summed E-state index contributed by atoms with van der Waals surface area (Å²) >= 11 is 4.20. The number of rotatable bonds is 2. The molecule has 0 atom stereocenters. The third-order valence-electron chi connectivity index (χ3n) is 0.884. The smallest absolute Gasteiger partial charge is 0.00582 e. The Balaban J connectivity index is 3.61. The molecule has 0 heterocycles. The summed E-state index contributed by atoms with van der Waals surface area (Å²) in [5.74, 6) is 0.533. The van der Waals surface area contributed by atoms with Crippen molar-refractivity contribution in [1.29, 1.82) is 0 Å². The molecule has 8 heavy (non-hydrogen) atoms. The Hall–Kier alpha value is -0.110. The first kappa shape index (κ1) is 7.89. The van der Waals surface area contributed by atoms with Gasteiger partial charge in [0.25, 0.3) is 0 Å². The maximum Gasteiger partial charge on any atom is 0.00582 e. The van der Waals surface area contributed by atoms with Gasteiger partial charge in [0.05, 0.1) is 0 Å². The van der Waals surface area contributed by atoms with E-state index < -0.39 is 0 Å². The average molecular weight is 131 g/mol. The Kier molecular flexibility index (Phi) is 3.79. The second-order valence-electron chi connectivity index (χ2n) is 2.01. The lowest BCUT2D eigenvalue weighted by atomic mass is 10.2. The van der Waals surface area contributed by atoms with Gasteiger partial charge in [0.2, 0.25) is 0 Å². The minimum atomic E-state index is 0.533. The highest BCUT2D eigenvalue weighted by atomic mass is 32.1. The van der Waals surface area contributed by atoms with Crippen LogP contribution in [0.25, 0.3) is 0 Å². The van der Waals surface area contributed by atoms with Crippen LogP contribution in [0.4, 0.5) is 0 Å². The predicted molar refractivity (Wildman–Crippen MR) is 41.0 cm³/mol. The first-order valence-electron chi connectivity index (χ1n) is 2.74. The van der Waals surface area contributed by atoms with Crippen LogP contribution < -0.4 is 5.32 Å². The number of nitrogens with one attached hydrogen (secondary N) is 1. The second-order valence-corrected chi connectivity index (χ2v) is 2.53. The largest absolute Gasteiger partial charge is 0.393 e. The lowest BCUT2D eigenvalue weighted by molar-refractivity contribution is 0.807. The molecule has 0 aliphatic rings. The molecule has 0 amide bonds. The highest BCUT2D eigenvalue weighted by Gasteiger charge is 1.93. The van der Waals surface area contributed by atoms with Gasteiger partial charge in [0.15, 0.2) is 0 Å². The average Bonchev–Trinajstić information content (AvgIpc) is 1.67. The van der Waals surface area contributed by atoms with Crippen LogP contribution in [-0.4, -0.2) is 7.05 Å². The SMILES string of the molecule is CN/C=C(\S)C(C)C. The fraction of sp³-hybridized carbons (Fsp3) is 0.667. The van der Waals surface area contributed by atoms with Crippen molar-refractivity contribution in [2.45, 2.75) is 13.8 Å². The third kappa shape index (κ3) is 2.97. The molecule has 0 aromatic carbocycles. The van der Waals surface area contributed by atoms with Gasteiger partial charge in [-0.25, -0.2) is 0 Å². The van der Waals surface area contributed by atoms with E-state index >= 15 is 0 Å². The molecule has 0 unspecified atom stereocenters. The van der Waals surface area contributed by atoms with Crippen molar-refractivity contribution in [3.05, 3.63) is 11.1 Å². The first-order chi connectivity index (χ1) is 3.68. The molecule has 2 heteroatoms. The van der Waals surface area contributed by atoms with Crippen molar-refractivity contribution in [3.63, 3.8) is 0 Å². The van der Waals surface area contributed by atoms with Gasteiger partial charge in [-0.05, 0) is 10.8 Å². The molecule has 0 bridgehead atoms. The van der Waals surface area contributed by atoms with Crippen LogP contribution >= 0.6 is 12.6 Å². The van der Waals surface area contributed by atoms with Gasteiger partial charge in [0.1, 0.15) is 0 Å². The van der Waals surface area contributed by atoms with Crippen LogP contribution in [-0.2, 0) is 0 Å². The van der Waals surface area contributed by atoms with Crippen molar-refractivity contribution in [1.82, 2.24) is 5.32 Å².